The van der Waals surface area contributed by atoms with Crippen LogP contribution in [0.5, 0.6) is 0 Å². The summed E-state index contributed by atoms with van der Waals surface area (Å²) in [6, 6.07) is 0. The van der Waals surface area contributed by atoms with E-state index in [0.29, 0.717) is 0 Å². The highest BCUT2D eigenvalue weighted by Gasteiger charge is 2.22. The second-order valence-electron chi connectivity index (χ2n) is 7.67. The van der Waals surface area contributed by atoms with E-state index in [9.17, 15) is 0 Å². The van der Waals surface area contributed by atoms with Gasteiger partial charge < -0.3 is 5.73 Å². The Bertz CT molecular complexity index is 716. The number of nitrogens with zero attached hydrogens (tertiary/aromatic N) is 1. The summed E-state index contributed by atoms with van der Waals surface area (Å²) in [5.74, 6) is 0. The highest BCUT2D eigenvalue weighted by molar-refractivity contribution is 7.19. The lowest BCUT2D eigenvalue weighted by atomic mass is 9.92. The number of aromatic nitrogens is 1. The molecule has 2 aromatic rings. The van der Waals surface area contributed by atoms with Gasteiger partial charge in [0.1, 0.15) is 4.83 Å². The van der Waals surface area contributed by atoms with E-state index in [1.807, 2.05) is 11.3 Å². The first-order valence-corrected chi connectivity index (χ1v) is 10.9. The number of hydrogen-bond acceptors (Lipinski definition) is 3. The van der Waals surface area contributed by atoms with Gasteiger partial charge in [-0.25, -0.2) is 4.98 Å². The van der Waals surface area contributed by atoms with E-state index in [4.69, 9.17) is 10.7 Å². The molecule has 130 valence electrons. The predicted octanol–water partition coefficient (Wildman–Crippen LogP) is 5.98. The van der Waals surface area contributed by atoms with E-state index in [1.165, 1.54) is 98.5 Å². The molecule has 0 fully saturated rings. The number of nitrogens with two attached hydrogens (primary N) is 1. The van der Waals surface area contributed by atoms with Crippen LogP contribution in [0.15, 0.2) is 0 Å². The fraction of sp³-hybridized carbons (Fsp3) is 0.667. The molecule has 3 heteroatoms. The number of rotatable bonds is 0. The molecular formula is C21H30N2S. The zero-order chi connectivity index (χ0) is 16.4. The predicted molar refractivity (Wildman–Crippen MR) is 105 cm³/mol. The number of anilines is 1. The Hall–Kier alpha value is -1.09. The summed E-state index contributed by atoms with van der Waals surface area (Å²) < 4.78 is 0. The lowest BCUT2D eigenvalue weighted by Gasteiger charge is -2.16. The van der Waals surface area contributed by atoms with Crippen LogP contribution in [0.25, 0.3) is 10.2 Å². The van der Waals surface area contributed by atoms with Gasteiger partial charge in [0.2, 0.25) is 0 Å². The maximum atomic E-state index is 6.76. The Kier molecular flexibility index (Phi) is 5.07. The minimum absolute atomic E-state index is 1.09. The zero-order valence-electron chi connectivity index (χ0n) is 14.8. The Labute approximate surface area is 149 Å². The van der Waals surface area contributed by atoms with Crippen LogP contribution in [0, 0.1) is 0 Å². The molecule has 0 bridgehead atoms. The van der Waals surface area contributed by atoms with Crippen molar-refractivity contribution in [1.82, 2.24) is 4.98 Å². The second kappa shape index (κ2) is 7.43. The molecule has 2 aliphatic rings. The number of thiophene rings is 1. The van der Waals surface area contributed by atoms with Crippen molar-refractivity contribution in [1.29, 1.82) is 0 Å². The topological polar surface area (TPSA) is 38.9 Å². The van der Waals surface area contributed by atoms with Gasteiger partial charge in [0, 0.05) is 21.6 Å². The highest BCUT2D eigenvalue weighted by Crippen LogP contribution is 2.41. The van der Waals surface area contributed by atoms with E-state index in [-0.39, 0.29) is 0 Å². The molecule has 2 nitrogen and oxygen atoms in total. The van der Waals surface area contributed by atoms with Gasteiger partial charge in [-0.05, 0) is 62.5 Å². The zero-order valence-corrected chi connectivity index (χ0v) is 15.6. The number of aryl methyl sites for hydroxylation is 3. The standard InChI is InChI=1S/C21H30N2S/c22-20-15-11-7-5-3-1-2-4-6-8-13-17(15)23-21-19(20)16-12-9-10-14-18(16)24-21/h1-14H2,(H2,22,23). The normalized spacial score (nSPS) is 20.0. The number of fused-ring (bicyclic) bond motifs is 4. The molecule has 0 aliphatic heterocycles. The summed E-state index contributed by atoms with van der Waals surface area (Å²) in [6.45, 7) is 0. The van der Waals surface area contributed by atoms with Crippen LogP contribution >= 0.6 is 11.3 Å². The molecular weight excluding hydrogens is 312 g/mol. The van der Waals surface area contributed by atoms with Crippen LogP contribution in [-0.4, -0.2) is 4.98 Å². The fourth-order valence-corrected chi connectivity index (χ4v) is 5.84. The Morgan fingerprint density at radius 1 is 0.667 bits per heavy atom. The molecule has 0 spiro atoms. The van der Waals surface area contributed by atoms with Crippen LogP contribution in [0.2, 0.25) is 0 Å². The minimum Gasteiger partial charge on any atom is -0.398 e. The fourth-order valence-electron chi connectivity index (χ4n) is 4.55. The van der Waals surface area contributed by atoms with E-state index in [2.05, 4.69) is 0 Å². The van der Waals surface area contributed by atoms with Crippen molar-refractivity contribution in [2.24, 2.45) is 0 Å². The summed E-state index contributed by atoms with van der Waals surface area (Å²) in [5.41, 5.74) is 12.1. The van der Waals surface area contributed by atoms with E-state index < -0.39 is 0 Å². The lowest BCUT2D eigenvalue weighted by molar-refractivity contribution is 0.558. The first kappa shape index (κ1) is 16.4. The molecule has 2 N–H and O–H groups in total. The number of pyridine rings is 1. The molecule has 4 rings (SSSR count). The molecule has 0 unspecified atom stereocenters. The Balaban J connectivity index is 1.75. The summed E-state index contributed by atoms with van der Waals surface area (Å²) in [4.78, 5) is 7.94. The maximum absolute atomic E-state index is 6.76. The van der Waals surface area contributed by atoms with Crippen molar-refractivity contribution in [3.63, 3.8) is 0 Å². The summed E-state index contributed by atoms with van der Waals surface area (Å²) in [7, 11) is 0. The van der Waals surface area contributed by atoms with E-state index >= 15 is 0 Å². The molecule has 0 saturated heterocycles. The molecule has 2 heterocycles. The van der Waals surface area contributed by atoms with E-state index in [1.54, 1.807) is 10.4 Å². The van der Waals surface area contributed by atoms with Gasteiger partial charge in [-0.2, -0.15) is 0 Å². The van der Waals surface area contributed by atoms with Crippen LogP contribution in [0.4, 0.5) is 5.69 Å². The van der Waals surface area contributed by atoms with Crippen LogP contribution in [-0.2, 0) is 25.7 Å². The van der Waals surface area contributed by atoms with Crippen LogP contribution < -0.4 is 5.73 Å². The largest absolute Gasteiger partial charge is 0.398 e. The van der Waals surface area contributed by atoms with E-state index in [0.717, 1.165) is 18.5 Å². The molecule has 0 atom stereocenters. The quantitative estimate of drug-likeness (QED) is 0.640. The average Bonchev–Trinajstić information content (AvgIpc) is 2.95. The number of nitrogen functional groups attached to an aromatic ring is 1. The SMILES string of the molecule is Nc1c2c(nc3sc4c(c13)CCCC4)CCCCCCCCCC2. The van der Waals surface area contributed by atoms with Gasteiger partial charge in [0.15, 0.2) is 0 Å². The summed E-state index contributed by atoms with van der Waals surface area (Å²) in [6.07, 6.45) is 18.2. The van der Waals surface area contributed by atoms with Gasteiger partial charge >= 0.3 is 0 Å². The van der Waals surface area contributed by atoms with Crippen molar-refractivity contribution in [2.75, 3.05) is 5.73 Å². The van der Waals surface area contributed by atoms with Crippen molar-refractivity contribution < 1.29 is 0 Å². The number of hydrogen-bond donors (Lipinski definition) is 1. The monoisotopic (exact) mass is 342 g/mol. The van der Waals surface area contributed by atoms with Gasteiger partial charge in [-0.3, -0.25) is 0 Å². The molecule has 2 aliphatic carbocycles. The van der Waals surface area contributed by atoms with Crippen molar-refractivity contribution >= 4 is 27.2 Å². The van der Waals surface area contributed by atoms with Crippen LogP contribution in [0.1, 0.15) is 85.9 Å². The van der Waals surface area contributed by atoms with Crippen molar-refractivity contribution in [2.45, 2.75) is 89.9 Å². The summed E-state index contributed by atoms with van der Waals surface area (Å²) in [5, 5.41) is 1.33. The summed E-state index contributed by atoms with van der Waals surface area (Å²) >= 11 is 1.92. The first-order chi connectivity index (χ1) is 11.8. The molecule has 0 aromatic carbocycles. The molecule has 24 heavy (non-hydrogen) atoms. The average molecular weight is 343 g/mol. The molecule has 0 amide bonds. The van der Waals surface area contributed by atoms with Gasteiger partial charge in [0.25, 0.3) is 0 Å². The molecule has 0 saturated carbocycles. The van der Waals surface area contributed by atoms with Gasteiger partial charge in [-0.15, -0.1) is 11.3 Å². The molecule has 0 radical (unpaired) electrons. The maximum Gasteiger partial charge on any atom is 0.126 e. The van der Waals surface area contributed by atoms with Crippen molar-refractivity contribution in [3.8, 4) is 0 Å². The lowest BCUT2D eigenvalue weighted by Crippen LogP contribution is -2.06. The smallest absolute Gasteiger partial charge is 0.126 e. The molecule has 2 aromatic heterocycles. The third-order valence-electron chi connectivity index (χ3n) is 5.92. The van der Waals surface area contributed by atoms with Gasteiger partial charge in [-0.1, -0.05) is 38.5 Å². The van der Waals surface area contributed by atoms with Crippen LogP contribution in [0.3, 0.4) is 0 Å². The third kappa shape index (κ3) is 3.20. The Morgan fingerprint density at radius 3 is 2.04 bits per heavy atom. The Morgan fingerprint density at radius 2 is 1.25 bits per heavy atom. The van der Waals surface area contributed by atoms with Crippen molar-refractivity contribution in [3.05, 3.63) is 21.7 Å². The minimum atomic E-state index is 1.09. The van der Waals surface area contributed by atoms with Gasteiger partial charge in [0.05, 0.1) is 0 Å². The highest BCUT2D eigenvalue weighted by atomic mass is 32.1. The third-order valence-corrected chi connectivity index (χ3v) is 7.11. The second-order valence-corrected chi connectivity index (χ2v) is 8.75. The first-order valence-electron chi connectivity index (χ1n) is 10.1.